The van der Waals surface area contributed by atoms with E-state index in [4.69, 9.17) is 5.73 Å². The van der Waals surface area contributed by atoms with E-state index in [0.717, 1.165) is 19.6 Å². The molecule has 1 heterocycles. The maximum Gasteiger partial charge on any atom is 0.226 e. The highest BCUT2D eigenvalue weighted by Gasteiger charge is 2.36. The minimum atomic E-state index is 0.0212. The number of carbonyl (C=O) groups is 1. The van der Waals surface area contributed by atoms with E-state index in [1.165, 1.54) is 5.56 Å². The summed E-state index contributed by atoms with van der Waals surface area (Å²) in [5.74, 6) is 0.985. The first-order chi connectivity index (χ1) is 9.67. The Bertz CT molecular complexity index is 435. The molecule has 1 unspecified atom stereocenters. The lowest BCUT2D eigenvalue weighted by Crippen LogP contribution is -2.37. The van der Waals surface area contributed by atoms with Crippen molar-refractivity contribution < 1.29 is 4.79 Å². The summed E-state index contributed by atoms with van der Waals surface area (Å²) < 4.78 is 0. The first-order valence-corrected chi connectivity index (χ1v) is 7.35. The van der Waals surface area contributed by atoms with Crippen molar-refractivity contribution in [3.05, 3.63) is 35.9 Å². The van der Waals surface area contributed by atoms with Crippen LogP contribution in [0.1, 0.15) is 18.4 Å². The van der Waals surface area contributed by atoms with E-state index in [0.29, 0.717) is 18.4 Å². The Labute approximate surface area is 121 Å². The Morgan fingerprint density at radius 2 is 2.10 bits per heavy atom. The van der Waals surface area contributed by atoms with E-state index in [2.05, 4.69) is 29.6 Å². The molecule has 3 atom stereocenters. The fourth-order valence-electron chi connectivity index (χ4n) is 3.07. The van der Waals surface area contributed by atoms with E-state index in [-0.39, 0.29) is 11.8 Å². The number of amides is 1. The molecule has 110 valence electrons. The number of nitrogens with one attached hydrogen (secondary N) is 1. The summed E-state index contributed by atoms with van der Waals surface area (Å²) in [7, 11) is 1.88. The van der Waals surface area contributed by atoms with Crippen LogP contribution in [0.3, 0.4) is 0 Å². The molecule has 1 aromatic rings. The van der Waals surface area contributed by atoms with Crippen LogP contribution in [-0.2, 0) is 4.79 Å². The van der Waals surface area contributed by atoms with Crippen LogP contribution in [0.15, 0.2) is 30.3 Å². The van der Waals surface area contributed by atoms with Gasteiger partial charge in [-0.1, -0.05) is 37.3 Å². The summed E-state index contributed by atoms with van der Waals surface area (Å²) in [5.41, 5.74) is 7.20. The monoisotopic (exact) mass is 275 g/mol. The zero-order valence-electron chi connectivity index (χ0n) is 12.4. The largest absolute Gasteiger partial charge is 0.341 e. The third-order valence-electron chi connectivity index (χ3n) is 4.22. The van der Waals surface area contributed by atoms with Gasteiger partial charge < -0.3 is 16.0 Å². The van der Waals surface area contributed by atoms with Gasteiger partial charge in [-0.15, -0.1) is 0 Å². The van der Waals surface area contributed by atoms with Crippen LogP contribution in [-0.4, -0.2) is 44.0 Å². The fraction of sp³-hybridized carbons (Fsp3) is 0.562. The second kappa shape index (κ2) is 6.86. The number of hydrogen-bond acceptors (Lipinski definition) is 3. The molecule has 1 amide bonds. The minimum absolute atomic E-state index is 0.0212. The number of nitrogens with two attached hydrogens (primary N) is 1. The zero-order valence-corrected chi connectivity index (χ0v) is 12.4. The lowest BCUT2D eigenvalue weighted by atomic mass is 9.89. The van der Waals surface area contributed by atoms with Crippen LogP contribution in [0.25, 0.3) is 0 Å². The maximum atomic E-state index is 12.4. The number of rotatable bonds is 5. The molecule has 4 heteroatoms. The predicted molar refractivity (Wildman–Crippen MR) is 81.4 cm³/mol. The Hall–Kier alpha value is -1.39. The average molecular weight is 275 g/mol. The van der Waals surface area contributed by atoms with Gasteiger partial charge in [-0.3, -0.25) is 4.79 Å². The van der Waals surface area contributed by atoms with Gasteiger partial charge in [-0.2, -0.15) is 0 Å². The van der Waals surface area contributed by atoms with Gasteiger partial charge in [-0.05, 0) is 25.1 Å². The van der Waals surface area contributed by atoms with Gasteiger partial charge >= 0.3 is 0 Å². The molecule has 1 aromatic carbocycles. The van der Waals surface area contributed by atoms with Gasteiger partial charge in [0.1, 0.15) is 0 Å². The van der Waals surface area contributed by atoms with E-state index in [1.54, 1.807) is 0 Å². The van der Waals surface area contributed by atoms with E-state index in [9.17, 15) is 4.79 Å². The molecular weight excluding hydrogens is 250 g/mol. The third kappa shape index (κ3) is 3.19. The van der Waals surface area contributed by atoms with Crippen LogP contribution in [0.2, 0.25) is 0 Å². The first-order valence-electron chi connectivity index (χ1n) is 7.35. The summed E-state index contributed by atoms with van der Waals surface area (Å²) in [5, 5.41) is 3.07. The molecule has 0 radical (unpaired) electrons. The van der Waals surface area contributed by atoms with Crippen molar-refractivity contribution in [3.63, 3.8) is 0 Å². The zero-order chi connectivity index (χ0) is 14.5. The lowest BCUT2D eigenvalue weighted by Gasteiger charge is -2.21. The van der Waals surface area contributed by atoms with Gasteiger partial charge in [0.05, 0.1) is 0 Å². The van der Waals surface area contributed by atoms with Gasteiger partial charge in [0.2, 0.25) is 5.91 Å². The molecule has 1 aliphatic heterocycles. The standard InChI is InChI=1S/C16H25N3O/c1-12(9-18-2)16(20)19-10-14(8-17)15(11-19)13-6-4-3-5-7-13/h3-7,12,14-15,18H,8-11,17H2,1-2H3/t12?,14-,15+/m1/s1. The third-order valence-corrected chi connectivity index (χ3v) is 4.22. The highest BCUT2D eigenvalue weighted by Crippen LogP contribution is 2.32. The number of nitrogens with zero attached hydrogens (tertiary/aromatic N) is 1. The van der Waals surface area contributed by atoms with Gasteiger partial charge in [0.25, 0.3) is 0 Å². The number of carbonyl (C=O) groups excluding carboxylic acids is 1. The smallest absolute Gasteiger partial charge is 0.226 e. The Kier molecular flexibility index (Phi) is 5.15. The predicted octanol–water partition coefficient (Wildman–Crippen LogP) is 1.04. The summed E-state index contributed by atoms with van der Waals surface area (Å²) in [6.07, 6.45) is 0. The molecule has 4 nitrogen and oxygen atoms in total. The average Bonchev–Trinajstić information content (AvgIpc) is 2.91. The first kappa shape index (κ1) is 15.0. The van der Waals surface area contributed by atoms with Crippen molar-refractivity contribution in [2.75, 3.05) is 33.2 Å². The molecule has 20 heavy (non-hydrogen) atoms. The van der Waals surface area contributed by atoms with E-state index >= 15 is 0 Å². The highest BCUT2D eigenvalue weighted by atomic mass is 16.2. The molecule has 0 saturated carbocycles. The molecule has 0 aliphatic carbocycles. The minimum Gasteiger partial charge on any atom is -0.341 e. The molecule has 0 spiro atoms. The second-order valence-corrected chi connectivity index (χ2v) is 5.71. The Morgan fingerprint density at radius 1 is 1.40 bits per heavy atom. The van der Waals surface area contributed by atoms with Crippen molar-refractivity contribution in [1.82, 2.24) is 10.2 Å². The second-order valence-electron chi connectivity index (χ2n) is 5.71. The van der Waals surface area contributed by atoms with Gasteiger partial charge in [-0.25, -0.2) is 0 Å². The van der Waals surface area contributed by atoms with Gasteiger partial charge in [0, 0.05) is 31.5 Å². The van der Waals surface area contributed by atoms with Crippen LogP contribution in [0.5, 0.6) is 0 Å². The van der Waals surface area contributed by atoms with Crippen molar-refractivity contribution in [2.24, 2.45) is 17.6 Å². The van der Waals surface area contributed by atoms with Crippen molar-refractivity contribution in [3.8, 4) is 0 Å². The topological polar surface area (TPSA) is 58.4 Å². The van der Waals surface area contributed by atoms with E-state index in [1.807, 2.05) is 24.9 Å². The summed E-state index contributed by atoms with van der Waals surface area (Å²) in [6, 6.07) is 10.4. The molecule has 1 aliphatic rings. The van der Waals surface area contributed by atoms with Crippen molar-refractivity contribution in [2.45, 2.75) is 12.8 Å². The maximum absolute atomic E-state index is 12.4. The highest BCUT2D eigenvalue weighted by molar-refractivity contribution is 5.79. The molecule has 2 rings (SSSR count). The fourth-order valence-corrected chi connectivity index (χ4v) is 3.07. The number of benzene rings is 1. The van der Waals surface area contributed by atoms with Crippen LogP contribution >= 0.6 is 0 Å². The van der Waals surface area contributed by atoms with Crippen molar-refractivity contribution in [1.29, 1.82) is 0 Å². The Balaban J connectivity index is 2.08. The van der Waals surface area contributed by atoms with Gasteiger partial charge in [0.15, 0.2) is 0 Å². The summed E-state index contributed by atoms with van der Waals surface area (Å²) in [6.45, 7) is 4.90. The molecule has 1 fully saturated rings. The molecule has 1 saturated heterocycles. The molecule has 0 aromatic heterocycles. The normalized spacial score (nSPS) is 23.9. The molecule has 3 N–H and O–H groups in total. The summed E-state index contributed by atoms with van der Waals surface area (Å²) in [4.78, 5) is 14.4. The lowest BCUT2D eigenvalue weighted by molar-refractivity contribution is -0.133. The molecule has 0 bridgehead atoms. The SMILES string of the molecule is CNCC(C)C(=O)N1C[C@@H](CN)[C@H](c2ccccc2)C1. The molecular formula is C16H25N3O. The van der Waals surface area contributed by atoms with E-state index < -0.39 is 0 Å². The number of likely N-dealkylation sites (tertiary alicyclic amines) is 1. The Morgan fingerprint density at radius 3 is 2.70 bits per heavy atom. The quantitative estimate of drug-likeness (QED) is 0.844. The van der Waals surface area contributed by atoms with Crippen LogP contribution < -0.4 is 11.1 Å². The number of hydrogen-bond donors (Lipinski definition) is 2. The van der Waals surface area contributed by atoms with Crippen molar-refractivity contribution >= 4 is 5.91 Å². The van der Waals surface area contributed by atoms with Crippen LogP contribution in [0.4, 0.5) is 0 Å². The van der Waals surface area contributed by atoms with Crippen LogP contribution in [0, 0.1) is 11.8 Å². The summed E-state index contributed by atoms with van der Waals surface area (Å²) >= 11 is 0.